The molecular formula is C31H60O5. The van der Waals surface area contributed by atoms with Crippen molar-refractivity contribution in [1.29, 1.82) is 0 Å². The molecule has 0 aromatic carbocycles. The van der Waals surface area contributed by atoms with Gasteiger partial charge in [-0.05, 0) is 38.5 Å². The van der Waals surface area contributed by atoms with Crippen molar-refractivity contribution in [3.05, 3.63) is 0 Å². The second-order valence-electron chi connectivity index (χ2n) is 10.7. The number of ether oxygens (including phenoxy) is 3. The van der Waals surface area contributed by atoms with E-state index in [1.54, 1.807) is 7.11 Å². The van der Waals surface area contributed by atoms with E-state index in [1.807, 2.05) is 6.92 Å². The fourth-order valence-corrected chi connectivity index (χ4v) is 4.37. The first-order valence-electron chi connectivity index (χ1n) is 15.3. The van der Waals surface area contributed by atoms with Gasteiger partial charge in [0.25, 0.3) is 0 Å². The van der Waals surface area contributed by atoms with Crippen LogP contribution in [-0.4, -0.2) is 38.4 Å². The average Bonchev–Trinajstić information content (AvgIpc) is 2.86. The third-order valence-corrected chi connectivity index (χ3v) is 7.17. The van der Waals surface area contributed by atoms with Gasteiger partial charge in [0.15, 0.2) is 0 Å². The molecule has 0 N–H and O–H groups in total. The molecule has 0 fully saturated rings. The van der Waals surface area contributed by atoms with Crippen LogP contribution in [0.4, 0.5) is 0 Å². The predicted molar refractivity (Wildman–Crippen MR) is 150 cm³/mol. The summed E-state index contributed by atoms with van der Waals surface area (Å²) in [6.07, 6.45) is 24.0. The third kappa shape index (κ3) is 24.6. The van der Waals surface area contributed by atoms with Crippen LogP contribution in [0.2, 0.25) is 0 Å². The van der Waals surface area contributed by atoms with E-state index >= 15 is 0 Å². The first kappa shape index (κ1) is 34.9. The molecule has 0 amide bonds. The largest absolute Gasteiger partial charge is 0.466 e. The molecule has 5 heteroatoms. The summed E-state index contributed by atoms with van der Waals surface area (Å²) in [5.41, 5.74) is 0. The van der Waals surface area contributed by atoms with Crippen LogP contribution in [0.15, 0.2) is 0 Å². The highest BCUT2D eigenvalue weighted by Crippen LogP contribution is 2.15. The number of esters is 2. The molecule has 0 radical (unpaired) electrons. The van der Waals surface area contributed by atoms with Crippen molar-refractivity contribution in [2.45, 2.75) is 162 Å². The van der Waals surface area contributed by atoms with Crippen LogP contribution in [0.25, 0.3) is 0 Å². The second-order valence-corrected chi connectivity index (χ2v) is 10.7. The highest BCUT2D eigenvalue weighted by molar-refractivity contribution is 5.70. The number of rotatable bonds is 27. The van der Waals surface area contributed by atoms with Crippen molar-refractivity contribution in [3.63, 3.8) is 0 Å². The first-order chi connectivity index (χ1) is 17.5. The highest BCUT2D eigenvalue weighted by atomic mass is 16.5. The lowest BCUT2D eigenvalue weighted by Gasteiger charge is -2.20. The molecule has 2 unspecified atom stereocenters. The minimum Gasteiger partial charge on any atom is -0.466 e. The highest BCUT2D eigenvalue weighted by Gasteiger charge is 2.16. The lowest BCUT2D eigenvalue weighted by molar-refractivity contribution is -0.151. The van der Waals surface area contributed by atoms with E-state index in [0.717, 1.165) is 38.5 Å². The molecule has 214 valence electrons. The van der Waals surface area contributed by atoms with Crippen molar-refractivity contribution in [1.82, 2.24) is 0 Å². The third-order valence-electron chi connectivity index (χ3n) is 7.17. The molecular weight excluding hydrogens is 452 g/mol. The van der Waals surface area contributed by atoms with Crippen molar-refractivity contribution in [2.24, 2.45) is 5.92 Å². The Morgan fingerprint density at radius 1 is 0.583 bits per heavy atom. The molecule has 0 saturated heterocycles. The van der Waals surface area contributed by atoms with E-state index in [4.69, 9.17) is 14.2 Å². The van der Waals surface area contributed by atoms with Crippen LogP contribution in [0, 0.1) is 5.92 Å². The average molecular weight is 513 g/mol. The van der Waals surface area contributed by atoms with Gasteiger partial charge in [-0.2, -0.15) is 0 Å². The van der Waals surface area contributed by atoms with E-state index in [-0.39, 0.29) is 24.0 Å². The summed E-state index contributed by atoms with van der Waals surface area (Å²) in [7, 11) is 1.68. The SMILES string of the molecule is CCCCCCCCCCCCCCCCCOC(=O)CCCCCC(=O)OC(C)C(C)CCOC. The molecule has 0 aliphatic carbocycles. The number of hydrogen-bond acceptors (Lipinski definition) is 5. The maximum atomic E-state index is 12.0. The first-order valence-corrected chi connectivity index (χ1v) is 15.3. The van der Waals surface area contributed by atoms with E-state index in [1.165, 1.54) is 83.5 Å². The van der Waals surface area contributed by atoms with Crippen LogP contribution in [0.3, 0.4) is 0 Å². The maximum absolute atomic E-state index is 12.0. The Labute approximate surface area is 223 Å². The normalized spacial score (nSPS) is 12.9. The van der Waals surface area contributed by atoms with Gasteiger partial charge in [0.05, 0.1) is 6.61 Å². The molecule has 36 heavy (non-hydrogen) atoms. The Morgan fingerprint density at radius 2 is 1.03 bits per heavy atom. The standard InChI is InChI=1S/C31H60O5/c1-5-6-7-8-9-10-11-12-13-14-15-16-17-18-22-26-35-30(32)23-20-19-21-24-31(33)36-29(3)28(2)25-27-34-4/h28-29H,5-27H2,1-4H3. The summed E-state index contributed by atoms with van der Waals surface area (Å²) in [5, 5.41) is 0. The van der Waals surface area contributed by atoms with Gasteiger partial charge in [-0.15, -0.1) is 0 Å². The molecule has 0 aromatic heterocycles. The van der Waals surface area contributed by atoms with E-state index in [2.05, 4.69) is 13.8 Å². The van der Waals surface area contributed by atoms with E-state index in [9.17, 15) is 9.59 Å². The van der Waals surface area contributed by atoms with Crippen LogP contribution in [0.5, 0.6) is 0 Å². The molecule has 0 heterocycles. The summed E-state index contributed by atoms with van der Waals surface area (Å²) in [6, 6.07) is 0. The molecule has 2 atom stereocenters. The van der Waals surface area contributed by atoms with Gasteiger partial charge in [-0.3, -0.25) is 9.59 Å². The Morgan fingerprint density at radius 3 is 1.53 bits per heavy atom. The molecule has 0 aliphatic heterocycles. The van der Waals surface area contributed by atoms with Crippen LogP contribution < -0.4 is 0 Å². The van der Waals surface area contributed by atoms with Crippen LogP contribution >= 0.6 is 0 Å². The Hall–Kier alpha value is -1.10. The summed E-state index contributed by atoms with van der Waals surface area (Å²) in [6.45, 7) is 7.51. The molecule has 0 aromatic rings. The van der Waals surface area contributed by atoms with Crippen LogP contribution in [-0.2, 0) is 23.8 Å². The molecule has 0 rings (SSSR count). The zero-order valence-electron chi connectivity index (χ0n) is 24.5. The fourth-order valence-electron chi connectivity index (χ4n) is 4.37. The van der Waals surface area contributed by atoms with Gasteiger partial charge in [0, 0.05) is 26.6 Å². The lowest BCUT2D eigenvalue weighted by atomic mass is 10.0. The molecule has 0 saturated carbocycles. The van der Waals surface area contributed by atoms with Gasteiger partial charge < -0.3 is 14.2 Å². The summed E-state index contributed by atoms with van der Waals surface area (Å²) in [4.78, 5) is 23.8. The fraction of sp³-hybridized carbons (Fsp3) is 0.935. The quantitative estimate of drug-likeness (QED) is 0.0811. The van der Waals surface area contributed by atoms with Crippen molar-refractivity contribution in [2.75, 3.05) is 20.3 Å². The number of unbranched alkanes of at least 4 members (excludes halogenated alkanes) is 16. The van der Waals surface area contributed by atoms with Gasteiger partial charge in [-0.1, -0.05) is 110 Å². The molecule has 0 bridgehead atoms. The predicted octanol–water partition coefficient (Wildman–Crippen LogP) is 8.96. The number of carbonyl (C=O) groups is 2. The monoisotopic (exact) mass is 512 g/mol. The molecule has 5 nitrogen and oxygen atoms in total. The van der Waals surface area contributed by atoms with Gasteiger partial charge >= 0.3 is 11.9 Å². The van der Waals surface area contributed by atoms with Crippen molar-refractivity contribution >= 4 is 11.9 Å². The zero-order chi connectivity index (χ0) is 26.7. The topological polar surface area (TPSA) is 61.8 Å². The Balaban J connectivity index is 3.37. The minimum absolute atomic E-state index is 0.0951. The molecule has 0 aliphatic rings. The minimum atomic E-state index is -0.150. The smallest absolute Gasteiger partial charge is 0.306 e. The van der Waals surface area contributed by atoms with Crippen LogP contribution in [0.1, 0.15) is 156 Å². The summed E-state index contributed by atoms with van der Waals surface area (Å²) in [5.74, 6) is 0.0271. The maximum Gasteiger partial charge on any atom is 0.306 e. The Kier molecular flexibility index (Phi) is 26.1. The van der Waals surface area contributed by atoms with Gasteiger partial charge in [-0.25, -0.2) is 0 Å². The second kappa shape index (κ2) is 26.9. The van der Waals surface area contributed by atoms with Crippen molar-refractivity contribution in [3.8, 4) is 0 Å². The summed E-state index contributed by atoms with van der Waals surface area (Å²) < 4.78 is 15.9. The van der Waals surface area contributed by atoms with Gasteiger partial charge in [0.1, 0.15) is 6.10 Å². The van der Waals surface area contributed by atoms with Crippen molar-refractivity contribution < 1.29 is 23.8 Å². The number of carbonyl (C=O) groups excluding carboxylic acids is 2. The zero-order valence-corrected chi connectivity index (χ0v) is 24.5. The van der Waals surface area contributed by atoms with Gasteiger partial charge in [0.2, 0.25) is 0 Å². The molecule has 0 spiro atoms. The lowest BCUT2D eigenvalue weighted by Crippen LogP contribution is -2.23. The van der Waals surface area contributed by atoms with E-state index < -0.39 is 0 Å². The number of hydrogen-bond donors (Lipinski definition) is 0. The van der Waals surface area contributed by atoms with E-state index in [0.29, 0.717) is 26.1 Å². The summed E-state index contributed by atoms with van der Waals surface area (Å²) >= 11 is 0. The Bertz CT molecular complexity index is 493. The number of methoxy groups -OCH3 is 1.